The fourth-order valence-corrected chi connectivity index (χ4v) is 1.23. The summed E-state index contributed by atoms with van der Waals surface area (Å²) in [6.07, 6.45) is -1.54. The Hall–Kier alpha value is -1.54. The molecule has 1 aromatic rings. The minimum absolute atomic E-state index is 0.00611. The maximum Gasteiger partial charge on any atom is 0.265 e. The van der Waals surface area contributed by atoms with Crippen molar-refractivity contribution in [3.05, 3.63) is 28.6 Å². The van der Waals surface area contributed by atoms with Crippen LogP contribution in [-0.4, -0.2) is 10.1 Å². The third-order valence-corrected chi connectivity index (χ3v) is 1.92. The van der Waals surface area contributed by atoms with Crippen LogP contribution in [-0.2, 0) is 6.61 Å². The largest absolute Gasteiger partial charge is 0.392 e. The second kappa shape index (κ2) is 4.11. The molecule has 0 saturated carbocycles. The van der Waals surface area contributed by atoms with E-state index in [1.54, 1.807) is 6.07 Å². The molecule has 0 aromatic carbocycles. The first-order chi connectivity index (χ1) is 6.61. The van der Waals surface area contributed by atoms with Gasteiger partial charge < -0.3 is 5.11 Å². The Labute approximate surface area is 79.6 Å². The predicted molar refractivity (Wildman–Crippen MR) is 44.6 cm³/mol. The zero-order valence-electron chi connectivity index (χ0n) is 7.46. The molecule has 1 rings (SSSR count). The van der Waals surface area contributed by atoms with Crippen LogP contribution in [0.15, 0.2) is 6.20 Å². The zero-order chi connectivity index (χ0) is 10.7. The lowest BCUT2D eigenvalue weighted by Crippen LogP contribution is -2.03. The molecule has 3 nitrogen and oxygen atoms in total. The molecule has 0 spiro atoms. The molecule has 0 unspecified atom stereocenters. The standard InChI is InChI=1S/C9H8F2N2O/c1-5-8(9(10)11)7(4-14)6(2-12)3-13-5/h3,9,14H,4H2,1H3. The number of hydrogen-bond donors (Lipinski definition) is 1. The highest BCUT2D eigenvalue weighted by Crippen LogP contribution is 2.27. The average Bonchev–Trinajstić information content (AvgIpc) is 2.16. The van der Waals surface area contributed by atoms with Gasteiger partial charge in [0.2, 0.25) is 0 Å². The van der Waals surface area contributed by atoms with Crippen LogP contribution < -0.4 is 0 Å². The highest BCUT2D eigenvalue weighted by atomic mass is 19.3. The van der Waals surface area contributed by atoms with Gasteiger partial charge in [0.1, 0.15) is 6.07 Å². The Morgan fingerprint density at radius 2 is 2.29 bits per heavy atom. The third kappa shape index (κ3) is 1.70. The van der Waals surface area contributed by atoms with Crippen molar-refractivity contribution < 1.29 is 13.9 Å². The molecule has 0 fully saturated rings. The third-order valence-electron chi connectivity index (χ3n) is 1.92. The minimum atomic E-state index is -2.72. The van der Waals surface area contributed by atoms with Gasteiger partial charge in [-0.2, -0.15) is 5.26 Å². The number of aromatic nitrogens is 1. The molecule has 0 saturated heterocycles. The van der Waals surface area contributed by atoms with Crippen LogP contribution in [0.3, 0.4) is 0 Å². The Balaban J connectivity index is 3.45. The van der Waals surface area contributed by atoms with Crippen molar-refractivity contribution in [1.29, 1.82) is 5.26 Å². The van der Waals surface area contributed by atoms with E-state index in [1.165, 1.54) is 13.1 Å². The molecule has 0 aliphatic heterocycles. The summed E-state index contributed by atoms with van der Waals surface area (Å²) in [5, 5.41) is 17.5. The van der Waals surface area contributed by atoms with E-state index in [2.05, 4.69) is 4.98 Å². The maximum atomic E-state index is 12.5. The van der Waals surface area contributed by atoms with Gasteiger partial charge in [-0.3, -0.25) is 4.98 Å². The van der Waals surface area contributed by atoms with E-state index in [1.807, 2.05) is 0 Å². The molecule has 14 heavy (non-hydrogen) atoms. The van der Waals surface area contributed by atoms with Crippen molar-refractivity contribution in [3.8, 4) is 6.07 Å². The van der Waals surface area contributed by atoms with E-state index in [-0.39, 0.29) is 22.4 Å². The van der Waals surface area contributed by atoms with E-state index in [9.17, 15) is 8.78 Å². The lowest BCUT2D eigenvalue weighted by molar-refractivity contribution is 0.145. The van der Waals surface area contributed by atoms with Crippen LogP contribution in [0.5, 0.6) is 0 Å². The van der Waals surface area contributed by atoms with Crippen molar-refractivity contribution in [3.63, 3.8) is 0 Å². The maximum absolute atomic E-state index is 12.5. The van der Waals surface area contributed by atoms with Gasteiger partial charge in [0, 0.05) is 23.0 Å². The fourth-order valence-electron chi connectivity index (χ4n) is 1.23. The second-order valence-electron chi connectivity index (χ2n) is 2.72. The van der Waals surface area contributed by atoms with Crippen LogP contribution in [0, 0.1) is 18.3 Å². The van der Waals surface area contributed by atoms with Gasteiger partial charge in [0.05, 0.1) is 12.2 Å². The molecule has 0 radical (unpaired) electrons. The number of hydrogen-bond acceptors (Lipinski definition) is 3. The van der Waals surface area contributed by atoms with Gasteiger partial charge in [-0.25, -0.2) is 8.78 Å². The number of halogens is 2. The number of aliphatic hydroxyl groups is 1. The molecule has 74 valence electrons. The first kappa shape index (κ1) is 10.5. The van der Waals surface area contributed by atoms with Gasteiger partial charge in [-0.15, -0.1) is 0 Å². The van der Waals surface area contributed by atoms with E-state index >= 15 is 0 Å². The summed E-state index contributed by atoms with van der Waals surface area (Å²) < 4.78 is 25.1. The van der Waals surface area contributed by atoms with Crippen LogP contribution in [0.4, 0.5) is 8.78 Å². The molecule has 0 bridgehead atoms. The van der Waals surface area contributed by atoms with E-state index in [0.29, 0.717) is 0 Å². The molecular weight excluding hydrogens is 190 g/mol. The summed E-state index contributed by atoms with van der Waals surface area (Å²) in [5.41, 5.74) is -0.238. The highest BCUT2D eigenvalue weighted by molar-refractivity contribution is 5.43. The fraction of sp³-hybridized carbons (Fsp3) is 0.333. The quantitative estimate of drug-likeness (QED) is 0.786. The molecule has 5 heteroatoms. The minimum Gasteiger partial charge on any atom is -0.392 e. The normalized spacial score (nSPS) is 10.3. The average molecular weight is 198 g/mol. The Kier molecular flexibility index (Phi) is 3.10. The lowest BCUT2D eigenvalue weighted by Gasteiger charge is -2.10. The second-order valence-corrected chi connectivity index (χ2v) is 2.72. The topological polar surface area (TPSA) is 56.9 Å². The molecule has 1 N–H and O–H groups in total. The number of pyridine rings is 1. The van der Waals surface area contributed by atoms with Gasteiger partial charge in [0.25, 0.3) is 6.43 Å². The summed E-state index contributed by atoms with van der Waals surface area (Å²) in [4.78, 5) is 3.67. The van der Waals surface area contributed by atoms with Crippen molar-refractivity contribution in [2.45, 2.75) is 20.0 Å². The molecule has 0 aliphatic rings. The number of nitriles is 1. The molecule has 1 aromatic heterocycles. The smallest absolute Gasteiger partial charge is 0.265 e. The summed E-state index contributed by atoms with van der Waals surface area (Å²) in [6, 6.07) is 1.71. The summed E-state index contributed by atoms with van der Waals surface area (Å²) in [7, 11) is 0. The van der Waals surface area contributed by atoms with Crippen LogP contribution in [0.25, 0.3) is 0 Å². The monoisotopic (exact) mass is 198 g/mol. The first-order valence-corrected chi connectivity index (χ1v) is 3.89. The van der Waals surface area contributed by atoms with Crippen molar-refractivity contribution in [2.24, 2.45) is 0 Å². The van der Waals surface area contributed by atoms with Gasteiger partial charge in [0.15, 0.2) is 0 Å². The van der Waals surface area contributed by atoms with E-state index in [4.69, 9.17) is 10.4 Å². The van der Waals surface area contributed by atoms with Crippen LogP contribution in [0.1, 0.15) is 28.8 Å². The summed E-state index contributed by atoms with van der Waals surface area (Å²) in [6.45, 7) is 0.841. The van der Waals surface area contributed by atoms with E-state index < -0.39 is 13.0 Å². The highest BCUT2D eigenvalue weighted by Gasteiger charge is 2.19. The lowest BCUT2D eigenvalue weighted by atomic mass is 10.0. The van der Waals surface area contributed by atoms with Gasteiger partial charge in [-0.05, 0) is 6.92 Å². The van der Waals surface area contributed by atoms with Gasteiger partial charge in [-0.1, -0.05) is 0 Å². The Bertz CT molecular complexity index is 385. The van der Waals surface area contributed by atoms with Gasteiger partial charge >= 0.3 is 0 Å². The Morgan fingerprint density at radius 1 is 1.64 bits per heavy atom. The van der Waals surface area contributed by atoms with Crippen molar-refractivity contribution >= 4 is 0 Å². The molecule has 0 amide bonds. The zero-order valence-corrected chi connectivity index (χ0v) is 7.46. The Morgan fingerprint density at radius 3 is 2.71 bits per heavy atom. The first-order valence-electron chi connectivity index (χ1n) is 3.89. The number of rotatable bonds is 2. The number of aryl methyl sites for hydroxylation is 1. The SMILES string of the molecule is Cc1ncc(C#N)c(CO)c1C(F)F. The van der Waals surface area contributed by atoms with Crippen LogP contribution in [0.2, 0.25) is 0 Å². The summed E-state index contributed by atoms with van der Waals surface area (Å²) in [5.74, 6) is 0. The molecule has 0 aliphatic carbocycles. The molecule has 0 atom stereocenters. The van der Waals surface area contributed by atoms with E-state index in [0.717, 1.165) is 0 Å². The molecular formula is C9H8F2N2O. The van der Waals surface area contributed by atoms with Crippen molar-refractivity contribution in [2.75, 3.05) is 0 Å². The summed E-state index contributed by atoms with van der Waals surface area (Å²) >= 11 is 0. The van der Waals surface area contributed by atoms with Crippen molar-refractivity contribution in [1.82, 2.24) is 4.98 Å². The number of nitrogens with zero attached hydrogens (tertiary/aromatic N) is 2. The number of aliphatic hydroxyl groups excluding tert-OH is 1. The van der Waals surface area contributed by atoms with Crippen LogP contribution >= 0.6 is 0 Å². The predicted octanol–water partition coefficient (Wildman–Crippen LogP) is 1.69. The number of alkyl halides is 2. The molecule has 1 heterocycles.